The zero-order valence-corrected chi connectivity index (χ0v) is 8.85. The van der Waals surface area contributed by atoms with Gasteiger partial charge in [0.15, 0.2) is 5.17 Å². The Kier molecular flexibility index (Phi) is 3.42. The summed E-state index contributed by atoms with van der Waals surface area (Å²) in [6.07, 6.45) is 0. The van der Waals surface area contributed by atoms with Gasteiger partial charge in [-0.15, -0.1) is 11.3 Å². The van der Waals surface area contributed by atoms with Crippen molar-refractivity contribution in [1.29, 1.82) is 5.41 Å². The second-order valence-electron chi connectivity index (χ2n) is 1.87. The minimum atomic E-state index is 0.170. The van der Waals surface area contributed by atoms with E-state index in [9.17, 15) is 0 Å². The maximum absolute atomic E-state index is 7.00. The largest absolute Gasteiger partial charge is 0.379 e. The van der Waals surface area contributed by atoms with Gasteiger partial charge in [0.05, 0.1) is 3.79 Å². The predicted octanol–water partition coefficient (Wildman–Crippen LogP) is 2.64. The molecule has 0 unspecified atom stereocenters. The van der Waals surface area contributed by atoms with Crippen molar-refractivity contribution in [1.82, 2.24) is 0 Å². The molecule has 1 aromatic heterocycles. The monoisotopic (exact) mass is 250 g/mol. The minimum absolute atomic E-state index is 0.170. The van der Waals surface area contributed by atoms with Crippen LogP contribution in [0.25, 0.3) is 0 Å². The first-order valence-corrected chi connectivity index (χ1v) is 5.54. The van der Waals surface area contributed by atoms with Crippen LogP contribution in [-0.2, 0) is 5.75 Å². The number of hydrogen-bond acceptors (Lipinski definition) is 3. The average Bonchev–Trinajstić information content (AvgIpc) is 2.31. The van der Waals surface area contributed by atoms with E-state index in [2.05, 4.69) is 15.9 Å². The Morgan fingerprint density at radius 1 is 1.82 bits per heavy atom. The molecule has 0 saturated carbocycles. The number of nitrogens with two attached hydrogens (primary N) is 1. The maximum Gasteiger partial charge on any atom is 0.151 e. The zero-order valence-electron chi connectivity index (χ0n) is 5.63. The summed E-state index contributed by atoms with van der Waals surface area (Å²) in [5.74, 6) is 0.777. The summed E-state index contributed by atoms with van der Waals surface area (Å²) in [5.41, 5.74) is 6.40. The Hall–Kier alpha value is -0.000000000000000111. The molecule has 0 aliphatic rings. The van der Waals surface area contributed by atoms with Gasteiger partial charge in [-0.1, -0.05) is 11.8 Å². The number of amidine groups is 1. The van der Waals surface area contributed by atoms with Crippen LogP contribution < -0.4 is 5.73 Å². The van der Waals surface area contributed by atoms with Crippen LogP contribution in [0.4, 0.5) is 0 Å². The number of thiophene rings is 1. The number of nitrogens with one attached hydrogen (secondary N) is 1. The molecule has 2 nitrogen and oxygen atoms in total. The molecule has 3 N–H and O–H groups in total. The van der Waals surface area contributed by atoms with Crippen molar-refractivity contribution >= 4 is 44.2 Å². The van der Waals surface area contributed by atoms with E-state index in [1.165, 1.54) is 17.3 Å². The summed E-state index contributed by atoms with van der Waals surface area (Å²) >= 11 is 6.40. The molecule has 0 aliphatic carbocycles. The van der Waals surface area contributed by atoms with Crippen molar-refractivity contribution in [3.63, 3.8) is 0 Å². The van der Waals surface area contributed by atoms with Gasteiger partial charge in [-0.05, 0) is 32.9 Å². The lowest BCUT2D eigenvalue weighted by atomic mass is 10.4. The number of thioether (sulfide) groups is 1. The molecule has 0 fully saturated rings. The zero-order chi connectivity index (χ0) is 8.27. The lowest BCUT2D eigenvalue weighted by Gasteiger charge is -1.95. The molecular formula is C6H7BrN2S2. The molecule has 0 amide bonds. The van der Waals surface area contributed by atoms with Crippen LogP contribution in [0.1, 0.15) is 5.56 Å². The first-order valence-electron chi connectivity index (χ1n) is 2.89. The van der Waals surface area contributed by atoms with Crippen LogP contribution in [-0.4, -0.2) is 5.17 Å². The van der Waals surface area contributed by atoms with Crippen molar-refractivity contribution in [3.8, 4) is 0 Å². The molecule has 0 spiro atoms. The van der Waals surface area contributed by atoms with Gasteiger partial charge in [-0.3, -0.25) is 5.41 Å². The Morgan fingerprint density at radius 2 is 2.55 bits per heavy atom. The Bertz CT molecular complexity index is 259. The van der Waals surface area contributed by atoms with Crippen molar-refractivity contribution in [2.45, 2.75) is 5.75 Å². The van der Waals surface area contributed by atoms with E-state index >= 15 is 0 Å². The van der Waals surface area contributed by atoms with Gasteiger partial charge in [0.1, 0.15) is 0 Å². The summed E-state index contributed by atoms with van der Waals surface area (Å²) < 4.78 is 1.13. The smallest absolute Gasteiger partial charge is 0.151 e. The Labute approximate surface area is 81.8 Å². The molecule has 60 valence electrons. The van der Waals surface area contributed by atoms with Gasteiger partial charge in [-0.25, -0.2) is 0 Å². The van der Waals surface area contributed by atoms with Gasteiger partial charge < -0.3 is 5.73 Å². The van der Waals surface area contributed by atoms with E-state index in [0.29, 0.717) is 0 Å². The van der Waals surface area contributed by atoms with Crippen LogP contribution in [0, 0.1) is 5.41 Å². The maximum atomic E-state index is 7.00. The first kappa shape index (κ1) is 9.09. The lowest BCUT2D eigenvalue weighted by Crippen LogP contribution is -2.03. The number of rotatable bonds is 2. The van der Waals surface area contributed by atoms with Crippen LogP contribution >= 0.6 is 39.0 Å². The quantitative estimate of drug-likeness (QED) is 0.627. The van der Waals surface area contributed by atoms with E-state index in [-0.39, 0.29) is 5.17 Å². The molecule has 0 aliphatic heterocycles. The minimum Gasteiger partial charge on any atom is -0.379 e. The van der Waals surface area contributed by atoms with Gasteiger partial charge >= 0.3 is 0 Å². The van der Waals surface area contributed by atoms with Crippen molar-refractivity contribution in [2.75, 3.05) is 0 Å². The Morgan fingerprint density at radius 3 is 3.00 bits per heavy atom. The van der Waals surface area contributed by atoms with Gasteiger partial charge in [0.25, 0.3) is 0 Å². The lowest BCUT2D eigenvalue weighted by molar-refractivity contribution is 1.45. The molecule has 0 bridgehead atoms. The highest BCUT2D eigenvalue weighted by atomic mass is 79.9. The van der Waals surface area contributed by atoms with Crippen molar-refractivity contribution in [3.05, 3.63) is 20.8 Å². The van der Waals surface area contributed by atoms with E-state index in [1.54, 1.807) is 11.3 Å². The molecule has 0 saturated heterocycles. The molecule has 11 heavy (non-hydrogen) atoms. The summed E-state index contributed by atoms with van der Waals surface area (Å²) in [4.78, 5) is 0. The van der Waals surface area contributed by atoms with Crippen molar-refractivity contribution < 1.29 is 0 Å². The molecule has 0 aromatic carbocycles. The van der Waals surface area contributed by atoms with Gasteiger partial charge in [-0.2, -0.15) is 0 Å². The topological polar surface area (TPSA) is 49.9 Å². The van der Waals surface area contributed by atoms with Crippen LogP contribution in [0.3, 0.4) is 0 Å². The summed E-state index contributed by atoms with van der Waals surface area (Å²) in [6.45, 7) is 0. The van der Waals surface area contributed by atoms with E-state index < -0.39 is 0 Å². The predicted molar refractivity (Wildman–Crippen MR) is 55.2 cm³/mol. The van der Waals surface area contributed by atoms with Crippen LogP contribution in [0.2, 0.25) is 0 Å². The number of halogens is 1. The number of hydrogen-bond donors (Lipinski definition) is 2. The molecular weight excluding hydrogens is 244 g/mol. The third-order valence-electron chi connectivity index (χ3n) is 1.08. The summed E-state index contributed by atoms with van der Waals surface area (Å²) in [6, 6.07) is 2.03. The van der Waals surface area contributed by atoms with Gasteiger partial charge in [0.2, 0.25) is 0 Å². The standard InChI is InChI=1S/C6H7BrN2S2/c7-5-4(1-2-10-5)3-11-6(8)9/h1-2H,3H2,(H3,8,9). The SMILES string of the molecule is N=C(N)SCc1ccsc1Br. The van der Waals surface area contributed by atoms with Gasteiger partial charge in [0, 0.05) is 5.75 Å². The first-order chi connectivity index (χ1) is 5.20. The fourth-order valence-electron chi connectivity index (χ4n) is 0.577. The fourth-order valence-corrected chi connectivity index (χ4v) is 2.65. The highest BCUT2D eigenvalue weighted by molar-refractivity contribution is 9.11. The third-order valence-corrected chi connectivity index (χ3v) is 3.65. The molecule has 0 radical (unpaired) electrons. The molecule has 5 heteroatoms. The molecule has 0 atom stereocenters. The third kappa shape index (κ3) is 2.84. The highest BCUT2D eigenvalue weighted by Gasteiger charge is 2.00. The average molecular weight is 251 g/mol. The van der Waals surface area contributed by atoms with E-state index in [0.717, 1.165) is 9.54 Å². The normalized spacial score (nSPS) is 9.91. The van der Waals surface area contributed by atoms with E-state index in [1.807, 2.05) is 11.4 Å². The molecule has 1 heterocycles. The molecule has 1 rings (SSSR count). The van der Waals surface area contributed by atoms with Crippen LogP contribution in [0.15, 0.2) is 15.2 Å². The summed E-state index contributed by atoms with van der Waals surface area (Å²) in [7, 11) is 0. The second kappa shape index (κ2) is 4.13. The Balaban J connectivity index is 2.51. The van der Waals surface area contributed by atoms with E-state index in [4.69, 9.17) is 11.1 Å². The second-order valence-corrected chi connectivity index (χ2v) is 5.12. The van der Waals surface area contributed by atoms with Crippen LogP contribution in [0.5, 0.6) is 0 Å². The molecule has 1 aromatic rings. The fraction of sp³-hybridized carbons (Fsp3) is 0.167. The summed E-state index contributed by atoms with van der Waals surface area (Å²) in [5, 5.41) is 9.18. The highest BCUT2D eigenvalue weighted by Crippen LogP contribution is 2.26. The van der Waals surface area contributed by atoms with Crippen molar-refractivity contribution in [2.24, 2.45) is 5.73 Å².